The summed E-state index contributed by atoms with van der Waals surface area (Å²) < 4.78 is 0. The molecule has 0 atom stereocenters. The van der Waals surface area contributed by atoms with Crippen LogP contribution in [-0.4, -0.2) is 0 Å². The SMILES string of the molecule is C=Cc1ccc(Cl)cc1.Clc1cccc(Cl)c1. The lowest BCUT2D eigenvalue weighted by atomic mass is 10.2. The highest BCUT2D eigenvalue weighted by Gasteiger charge is 1.85. The minimum atomic E-state index is 0.678. The van der Waals surface area contributed by atoms with Gasteiger partial charge in [0, 0.05) is 15.1 Å². The van der Waals surface area contributed by atoms with Crippen molar-refractivity contribution >= 4 is 40.9 Å². The normalized spacial score (nSPS) is 9.12. The van der Waals surface area contributed by atoms with Gasteiger partial charge in [-0.3, -0.25) is 0 Å². The lowest BCUT2D eigenvalue weighted by molar-refractivity contribution is 1.66. The molecular weight excluding hydrogens is 275 g/mol. The van der Waals surface area contributed by atoms with Crippen molar-refractivity contribution in [1.29, 1.82) is 0 Å². The van der Waals surface area contributed by atoms with Crippen molar-refractivity contribution in [2.75, 3.05) is 0 Å². The molecule has 17 heavy (non-hydrogen) atoms. The van der Waals surface area contributed by atoms with Gasteiger partial charge in [-0.15, -0.1) is 0 Å². The van der Waals surface area contributed by atoms with Crippen LogP contribution < -0.4 is 0 Å². The third-order valence-corrected chi connectivity index (χ3v) is 2.61. The van der Waals surface area contributed by atoms with E-state index in [2.05, 4.69) is 6.58 Å². The molecule has 2 rings (SSSR count). The summed E-state index contributed by atoms with van der Waals surface area (Å²) in [6, 6.07) is 14.6. The van der Waals surface area contributed by atoms with E-state index in [1.165, 1.54) is 0 Å². The van der Waals surface area contributed by atoms with Gasteiger partial charge in [0.05, 0.1) is 0 Å². The summed E-state index contributed by atoms with van der Waals surface area (Å²) in [6.07, 6.45) is 1.79. The molecule has 3 heteroatoms. The van der Waals surface area contributed by atoms with Gasteiger partial charge >= 0.3 is 0 Å². The van der Waals surface area contributed by atoms with E-state index in [0.29, 0.717) is 10.0 Å². The first kappa shape index (κ1) is 14.1. The van der Waals surface area contributed by atoms with Crippen LogP contribution in [0.25, 0.3) is 6.08 Å². The topological polar surface area (TPSA) is 0 Å². The first-order valence-corrected chi connectivity index (χ1v) is 6.04. The second kappa shape index (κ2) is 7.39. The molecule has 2 aromatic rings. The highest BCUT2D eigenvalue weighted by molar-refractivity contribution is 6.34. The molecule has 0 amide bonds. The number of hydrogen-bond donors (Lipinski definition) is 0. The van der Waals surface area contributed by atoms with Gasteiger partial charge in [-0.2, -0.15) is 0 Å². The van der Waals surface area contributed by atoms with Crippen LogP contribution in [0.15, 0.2) is 55.1 Å². The monoisotopic (exact) mass is 284 g/mol. The van der Waals surface area contributed by atoms with Gasteiger partial charge in [0.15, 0.2) is 0 Å². The van der Waals surface area contributed by atoms with Gasteiger partial charge in [0.25, 0.3) is 0 Å². The van der Waals surface area contributed by atoms with Crippen LogP contribution in [0.5, 0.6) is 0 Å². The average Bonchev–Trinajstić information content (AvgIpc) is 2.30. The molecule has 0 saturated carbocycles. The fourth-order valence-electron chi connectivity index (χ4n) is 1.06. The smallest absolute Gasteiger partial charge is 0.0420 e. The van der Waals surface area contributed by atoms with Gasteiger partial charge in [0.2, 0.25) is 0 Å². The van der Waals surface area contributed by atoms with Crippen LogP contribution in [0.3, 0.4) is 0 Å². The second-order valence-corrected chi connectivity index (χ2v) is 4.50. The molecule has 0 spiro atoms. The first-order valence-electron chi connectivity index (χ1n) is 4.91. The minimum absolute atomic E-state index is 0.678. The molecule has 0 aliphatic carbocycles. The zero-order chi connectivity index (χ0) is 12.7. The van der Waals surface area contributed by atoms with Crippen molar-refractivity contribution in [3.05, 3.63) is 75.7 Å². The molecule has 0 nitrogen and oxygen atoms in total. The summed E-state index contributed by atoms with van der Waals surface area (Å²) in [5, 5.41) is 2.12. The van der Waals surface area contributed by atoms with Crippen molar-refractivity contribution in [2.45, 2.75) is 0 Å². The van der Waals surface area contributed by atoms with Crippen molar-refractivity contribution < 1.29 is 0 Å². The van der Waals surface area contributed by atoms with E-state index in [0.717, 1.165) is 10.6 Å². The lowest BCUT2D eigenvalue weighted by Gasteiger charge is -1.89. The Kier molecular flexibility index (Phi) is 6.13. The van der Waals surface area contributed by atoms with Gasteiger partial charge < -0.3 is 0 Å². The third kappa shape index (κ3) is 5.78. The van der Waals surface area contributed by atoms with E-state index in [1.807, 2.05) is 30.3 Å². The van der Waals surface area contributed by atoms with E-state index >= 15 is 0 Å². The predicted octanol–water partition coefficient (Wildman–Crippen LogP) is 5.98. The lowest BCUT2D eigenvalue weighted by Crippen LogP contribution is -1.67. The number of rotatable bonds is 1. The van der Waals surface area contributed by atoms with E-state index in [-0.39, 0.29) is 0 Å². The maximum absolute atomic E-state index is 5.63. The molecule has 0 saturated heterocycles. The highest BCUT2D eigenvalue weighted by atomic mass is 35.5. The molecule has 0 unspecified atom stereocenters. The van der Waals surface area contributed by atoms with E-state index in [4.69, 9.17) is 34.8 Å². The molecule has 0 aromatic heterocycles. The molecule has 0 heterocycles. The van der Waals surface area contributed by atoms with Crippen molar-refractivity contribution in [3.63, 3.8) is 0 Å². The summed E-state index contributed by atoms with van der Waals surface area (Å²) in [5.74, 6) is 0. The minimum Gasteiger partial charge on any atom is -0.0985 e. The summed E-state index contributed by atoms with van der Waals surface area (Å²) in [4.78, 5) is 0. The third-order valence-electron chi connectivity index (χ3n) is 1.89. The zero-order valence-corrected chi connectivity index (χ0v) is 11.3. The summed E-state index contributed by atoms with van der Waals surface area (Å²) in [6.45, 7) is 3.62. The molecule has 0 N–H and O–H groups in total. The predicted molar refractivity (Wildman–Crippen MR) is 78.0 cm³/mol. The molecule has 0 fully saturated rings. The van der Waals surface area contributed by atoms with E-state index < -0.39 is 0 Å². The van der Waals surface area contributed by atoms with Gasteiger partial charge in [-0.05, 0) is 35.9 Å². The van der Waals surface area contributed by atoms with Crippen molar-refractivity contribution in [3.8, 4) is 0 Å². The Balaban J connectivity index is 0.000000171. The fraction of sp³-hybridized carbons (Fsp3) is 0. The average molecular weight is 286 g/mol. The quantitative estimate of drug-likeness (QED) is 0.605. The largest absolute Gasteiger partial charge is 0.0985 e. The standard InChI is InChI=1S/C8H7Cl.C6H4Cl2/c1-2-7-3-5-8(9)6-4-7;7-5-2-1-3-6(8)4-5/h2-6H,1H2;1-4H. The van der Waals surface area contributed by atoms with E-state index in [9.17, 15) is 0 Å². The van der Waals surface area contributed by atoms with Gasteiger partial charge in [-0.25, -0.2) is 0 Å². The van der Waals surface area contributed by atoms with Crippen LogP contribution in [0, 0.1) is 0 Å². The van der Waals surface area contributed by atoms with Crippen molar-refractivity contribution in [1.82, 2.24) is 0 Å². The molecule has 0 radical (unpaired) electrons. The maximum Gasteiger partial charge on any atom is 0.0420 e. The fourth-order valence-corrected chi connectivity index (χ4v) is 1.62. The molecule has 0 aliphatic rings. The summed E-state index contributed by atoms with van der Waals surface area (Å²) in [7, 11) is 0. The number of benzene rings is 2. The van der Waals surface area contributed by atoms with Crippen LogP contribution in [0.2, 0.25) is 15.1 Å². The highest BCUT2D eigenvalue weighted by Crippen LogP contribution is 2.14. The Labute approximate surface area is 116 Å². The Morgan fingerprint density at radius 3 is 1.65 bits per heavy atom. The molecule has 0 aliphatic heterocycles. The van der Waals surface area contributed by atoms with Gasteiger partial charge in [0.1, 0.15) is 0 Å². The Morgan fingerprint density at radius 2 is 1.29 bits per heavy atom. The zero-order valence-electron chi connectivity index (χ0n) is 9.04. The molecular formula is C14H11Cl3. The van der Waals surface area contributed by atoms with Crippen LogP contribution >= 0.6 is 34.8 Å². The summed E-state index contributed by atoms with van der Waals surface area (Å²) >= 11 is 16.8. The number of halogens is 3. The van der Waals surface area contributed by atoms with Crippen LogP contribution in [-0.2, 0) is 0 Å². The maximum atomic E-state index is 5.63. The number of hydrogen-bond acceptors (Lipinski definition) is 0. The molecule has 2 aromatic carbocycles. The van der Waals surface area contributed by atoms with Crippen LogP contribution in [0.4, 0.5) is 0 Å². The Bertz CT molecular complexity index is 458. The van der Waals surface area contributed by atoms with Crippen molar-refractivity contribution in [2.24, 2.45) is 0 Å². The first-order chi connectivity index (χ1) is 8.11. The van der Waals surface area contributed by atoms with Crippen LogP contribution in [0.1, 0.15) is 5.56 Å². The molecule has 0 bridgehead atoms. The Hall–Kier alpha value is -0.950. The van der Waals surface area contributed by atoms with Gasteiger partial charge in [-0.1, -0.05) is 65.7 Å². The summed E-state index contributed by atoms with van der Waals surface area (Å²) in [5.41, 5.74) is 1.10. The van der Waals surface area contributed by atoms with E-state index in [1.54, 1.807) is 24.3 Å². The molecule has 88 valence electrons. The second-order valence-electron chi connectivity index (χ2n) is 3.20. The Morgan fingerprint density at radius 1 is 0.765 bits per heavy atom.